The number of benzene rings is 1. The molecule has 1 nitrogen and oxygen atoms in total. The molecule has 0 aliphatic heterocycles. The highest BCUT2D eigenvalue weighted by atomic mass is 35.5. The summed E-state index contributed by atoms with van der Waals surface area (Å²) in [6.07, 6.45) is 3.67. The van der Waals surface area contributed by atoms with Crippen LogP contribution >= 0.6 is 11.6 Å². The number of nitrogens with one attached hydrogen (secondary N) is 1. The highest BCUT2D eigenvalue weighted by molar-refractivity contribution is 6.31. The van der Waals surface area contributed by atoms with Gasteiger partial charge >= 0.3 is 0 Å². The largest absolute Gasteiger partial charge is 0.310 e. The van der Waals surface area contributed by atoms with E-state index in [9.17, 15) is 0 Å². The van der Waals surface area contributed by atoms with Crippen molar-refractivity contribution in [2.75, 3.05) is 0 Å². The number of hydrogen-bond donors (Lipinski definition) is 1. The van der Waals surface area contributed by atoms with E-state index in [1.165, 1.54) is 24.8 Å². The van der Waals surface area contributed by atoms with Gasteiger partial charge in [-0.25, -0.2) is 0 Å². The molecule has 1 unspecified atom stereocenters. The zero-order chi connectivity index (χ0) is 12.0. The Balaban J connectivity index is 2.50. The van der Waals surface area contributed by atoms with Crippen LogP contribution in [0.15, 0.2) is 18.2 Å². The average Bonchev–Trinajstić information content (AvgIpc) is 2.28. The molecule has 0 saturated heterocycles. The zero-order valence-electron chi connectivity index (χ0n) is 10.5. The van der Waals surface area contributed by atoms with Crippen molar-refractivity contribution < 1.29 is 0 Å². The van der Waals surface area contributed by atoms with Crippen LogP contribution in [-0.4, -0.2) is 6.04 Å². The lowest BCUT2D eigenvalue weighted by atomic mass is 10.1. The topological polar surface area (TPSA) is 12.0 Å². The summed E-state index contributed by atoms with van der Waals surface area (Å²) in [4.78, 5) is 0. The molecular weight excluding hydrogens is 218 g/mol. The fourth-order valence-electron chi connectivity index (χ4n) is 1.81. The molecule has 1 aromatic rings. The maximum absolute atomic E-state index is 6.10. The van der Waals surface area contributed by atoms with Crippen molar-refractivity contribution in [3.8, 4) is 0 Å². The molecule has 1 aromatic carbocycles. The van der Waals surface area contributed by atoms with Gasteiger partial charge in [-0.15, -0.1) is 0 Å². The Kier molecular flexibility index (Phi) is 5.86. The number of hydrogen-bond acceptors (Lipinski definition) is 1. The summed E-state index contributed by atoms with van der Waals surface area (Å²) in [6.45, 7) is 7.41. The van der Waals surface area contributed by atoms with E-state index in [0.717, 1.165) is 17.1 Å². The summed E-state index contributed by atoms with van der Waals surface area (Å²) in [5, 5.41) is 4.44. The van der Waals surface area contributed by atoms with E-state index in [2.05, 4.69) is 37.4 Å². The molecule has 0 aliphatic rings. The van der Waals surface area contributed by atoms with Crippen molar-refractivity contribution in [2.24, 2.45) is 0 Å². The SMILES string of the molecule is CCCC(CC)NCc1ccc(C)c(Cl)c1. The fraction of sp³-hybridized carbons (Fsp3) is 0.571. The first-order chi connectivity index (χ1) is 7.67. The first kappa shape index (κ1) is 13.5. The third-order valence-electron chi connectivity index (χ3n) is 2.96. The fourth-order valence-corrected chi connectivity index (χ4v) is 2.01. The van der Waals surface area contributed by atoms with Gasteiger partial charge in [-0.3, -0.25) is 0 Å². The van der Waals surface area contributed by atoms with Crippen LogP contribution in [0, 0.1) is 6.92 Å². The lowest BCUT2D eigenvalue weighted by Crippen LogP contribution is -2.27. The van der Waals surface area contributed by atoms with Crippen LogP contribution in [0.2, 0.25) is 5.02 Å². The Bertz CT molecular complexity index is 323. The van der Waals surface area contributed by atoms with Gasteiger partial charge in [-0.05, 0) is 37.0 Å². The molecule has 1 rings (SSSR count). The average molecular weight is 240 g/mol. The molecule has 1 N–H and O–H groups in total. The molecular formula is C14H22ClN. The minimum Gasteiger partial charge on any atom is -0.310 e. The van der Waals surface area contributed by atoms with Crippen LogP contribution in [0.1, 0.15) is 44.2 Å². The van der Waals surface area contributed by atoms with Crippen molar-refractivity contribution >= 4 is 11.6 Å². The van der Waals surface area contributed by atoms with Gasteiger partial charge in [0.05, 0.1) is 0 Å². The van der Waals surface area contributed by atoms with Crippen LogP contribution in [0.3, 0.4) is 0 Å². The highest BCUT2D eigenvalue weighted by Crippen LogP contribution is 2.16. The van der Waals surface area contributed by atoms with Crippen LogP contribution < -0.4 is 5.32 Å². The normalized spacial score (nSPS) is 12.8. The lowest BCUT2D eigenvalue weighted by molar-refractivity contribution is 0.462. The Morgan fingerprint density at radius 2 is 2.06 bits per heavy atom. The quantitative estimate of drug-likeness (QED) is 0.780. The van der Waals surface area contributed by atoms with E-state index in [1.54, 1.807) is 0 Å². The third-order valence-corrected chi connectivity index (χ3v) is 3.37. The smallest absolute Gasteiger partial charge is 0.0438 e. The maximum Gasteiger partial charge on any atom is 0.0438 e. The van der Waals surface area contributed by atoms with Crippen molar-refractivity contribution in [3.05, 3.63) is 34.3 Å². The summed E-state index contributed by atoms with van der Waals surface area (Å²) >= 11 is 6.10. The van der Waals surface area contributed by atoms with Crippen LogP contribution in [0.4, 0.5) is 0 Å². The van der Waals surface area contributed by atoms with Gasteiger partial charge in [-0.2, -0.15) is 0 Å². The molecule has 0 amide bonds. The molecule has 16 heavy (non-hydrogen) atoms. The Morgan fingerprint density at radius 1 is 1.31 bits per heavy atom. The number of aryl methyl sites for hydroxylation is 1. The second kappa shape index (κ2) is 6.93. The highest BCUT2D eigenvalue weighted by Gasteiger charge is 2.04. The Labute approximate surface area is 104 Å². The van der Waals surface area contributed by atoms with E-state index in [0.29, 0.717) is 6.04 Å². The molecule has 0 aromatic heterocycles. The first-order valence-corrected chi connectivity index (χ1v) is 6.53. The number of rotatable bonds is 6. The molecule has 0 fully saturated rings. The van der Waals surface area contributed by atoms with Gasteiger partial charge in [0, 0.05) is 17.6 Å². The second-order valence-corrected chi connectivity index (χ2v) is 4.77. The zero-order valence-corrected chi connectivity index (χ0v) is 11.3. The summed E-state index contributed by atoms with van der Waals surface area (Å²) in [6, 6.07) is 6.92. The molecule has 0 spiro atoms. The molecule has 90 valence electrons. The van der Waals surface area contributed by atoms with E-state index in [-0.39, 0.29) is 0 Å². The van der Waals surface area contributed by atoms with E-state index in [4.69, 9.17) is 11.6 Å². The van der Waals surface area contributed by atoms with E-state index < -0.39 is 0 Å². The summed E-state index contributed by atoms with van der Waals surface area (Å²) < 4.78 is 0. The van der Waals surface area contributed by atoms with Crippen molar-refractivity contribution in [1.82, 2.24) is 5.32 Å². The third kappa shape index (κ3) is 4.15. The van der Waals surface area contributed by atoms with E-state index >= 15 is 0 Å². The number of halogens is 1. The molecule has 1 atom stereocenters. The van der Waals surface area contributed by atoms with Crippen molar-refractivity contribution in [2.45, 2.75) is 52.6 Å². The van der Waals surface area contributed by atoms with Gasteiger partial charge in [0.25, 0.3) is 0 Å². The standard InChI is InChI=1S/C14H22ClN/c1-4-6-13(5-2)16-10-12-8-7-11(3)14(15)9-12/h7-9,13,16H,4-6,10H2,1-3H3. The first-order valence-electron chi connectivity index (χ1n) is 6.15. The van der Waals surface area contributed by atoms with Gasteiger partial charge in [0.1, 0.15) is 0 Å². The van der Waals surface area contributed by atoms with Crippen LogP contribution in [0.5, 0.6) is 0 Å². The molecule has 0 radical (unpaired) electrons. The van der Waals surface area contributed by atoms with Crippen molar-refractivity contribution in [3.63, 3.8) is 0 Å². The minimum absolute atomic E-state index is 0.630. The summed E-state index contributed by atoms with van der Waals surface area (Å²) in [7, 11) is 0. The predicted octanol–water partition coefficient (Wildman–Crippen LogP) is 4.32. The van der Waals surface area contributed by atoms with Crippen LogP contribution in [-0.2, 0) is 6.54 Å². The van der Waals surface area contributed by atoms with E-state index in [1.807, 2.05) is 6.92 Å². The predicted molar refractivity (Wildman–Crippen MR) is 72.0 cm³/mol. The monoisotopic (exact) mass is 239 g/mol. The molecule has 0 aliphatic carbocycles. The maximum atomic E-state index is 6.10. The Hall–Kier alpha value is -0.530. The molecule has 0 saturated carbocycles. The van der Waals surface area contributed by atoms with Crippen molar-refractivity contribution in [1.29, 1.82) is 0 Å². The Morgan fingerprint density at radius 3 is 2.62 bits per heavy atom. The van der Waals surface area contributed by atoms with Gasteiger partial charge < -0.3 is 5.32 Å². The van der Waals surface area contributed by atoms with Gasteiger partial charge in [0.15, 0.2) is 0 Å². The molecule has 0 bridgehead atoms. The minimum atomic E-state index is 0.630. The van der Waals surface area contributed by atoms with Crippen LogP contribution in [0.25, 0.3) is 0 Å². The molecule has 2 heteroatoms. The lowest BCUT2D eigenvalue weighted by Gasteiger charge is -2.16. The van der Waals surface area contributed by atoms with Gasteiger partial charge in [-0.1, -0.05) is 44.0 Å². The molecule has 0 heterocycles. The van der Waals surface area contributed by atoms with Gasteiger partial charge in [0.2, 0.25) is 0 Å². The summed E-state index contributed by atoms with van der Waals surface area (Å²) in [5.41, 5.74) is 2.41. The summed E-state index contributed by atoms with van der Waals surface area (Å²) in [5.74, 6) is 0. The second-order valence-electron chi connectivity index (χ2n) is 4.36.